The first-order valence-corrected chi connectivity index (χ1v) is 6.29. The maximum Gasteiger partial charge on any atom is 0.126 e. The highest BCUT2D eigenvalue weighted by Crippen LogP contribution is 2.20. The highest BCUT2D eigenvalue weighted by molar-refractivity contribution is 5.72. The largest absolute Gasteiger partial charge is 0.359 e. The molecule has 0 aliphatic carbocycles. The molecule has 0 bridgehead atoms. The smallest absolute Gasteiger partial charge is 0.126 e. The molecular weight excluding hydrogens is 236 g/mol. The number of nitrogens with one attached hydrogen (secondary N) is 1. The van der Waals surface area contributed by atoms with E-state index in [1.165, 1.54) is 37.6 Å². The number of hydrogen-bond acceptors (Lipinski definition) is 3. The minimum absolute atomic E-state index is 0.167. The van der Waals surface area contributed by atoms with Gasteiger partial charge in [-0.1, -0.05) is 12.6 Å². The molecular formula is C16H28N2O. The molecule has 1 aromatic rings. The van der Waals surface area contributed by atoms with E-state index in [-0.39, 0.29) is 5.78 Å². The monoisotopic (exact) mass is 264 g/mol. The summed E-state index contributed by atoms with van der Waals surface area (Å²) in [6, 6.07) is 4.36. The fourth-order valence-corrected chi connectivity index (χ4v) is 1.33. The van der Waals surface area contributed by atoms with Gasteiger partial charge in [0.25, 0.3) is 0 Å². The maximum absolute atomic E-state index is 9.44. The van der Waals surface area contributed by atoms with Gasteiger partial charge in [0.1, 0.15) is 5.78 Å². The van der Waals surface area contributed by atoms with Crippen LogP contribution in [0.1, 0.15) is 37.5 Å². The van der Waals surface area contributed by atoms with E-state index in [1.807, 2.05) is 6.92 Å². The average molecular weight is 264 g/mol. The van der Waals surface area contributed by atoms with Crippen LogP contribution in [0.2, 0.25) is 0 Å². The number of ketones is 1. The van der Waals surface area contributed by atoms with E-state index in [0.717, 1.165) is 11.4 Å². The van der Waals surface area contributed by atoms with Gasteiger partial charge in [0.05, 0.1) is 0 Å². The standard InChI is InChI=1S/C12H17N.C3H6O.CH5N/c1-8(2)13-12-7-10(4)9(3)6-11(12)5;1-3(2)4;1-2/h6-7,13H,1H2,2-5H3;1-2H3;2H2,1H3. The third-order valence-corrected chi connectivity index (χ3v) is 2.19. The van der Waals surface area contributed by atoms with E-state index in [4.69, 9.17) is 0 Å². The summed E-state index contributed by atoms with van der Waals surface area (Å²) in [4.78, 5) is 9.44. The van der Waals surface area contributed by atoms with Crippen molar-refractivity contribution in [3.63, 3.8) is 0 Å². The second-order valence-corrected chi connectivity index (χ2v) is 4.56. The summed E-state index contributed by atoms with van der Waals surface area (Å²) in [7, 11) is 1.50. The minimum Gasteiger partial charge on any atom is -0.359 e. The summed E-state index contributed by atoms with van der Waals surface area (Å²) >= 11 is 0. The SMILES string of the molecule is C=C(C)Nc1cc(C)c(C)cc1C.CC(C)=O.CN. The molecule has 1 rings (SSSR count). The summed E-state index contributed by atoms with van der Waals surface area (Å²) in [6.07, 6.45) is 0. The molecule has 0 aliphatic rings. The number of benzene rings is 1. The summed E-state index contributed by atoms with van der Waals surface area (Å²) in [5.74, 6) is 0.167. The molecule has 1 aromatic carbocycles. The molecule has 108 valence electrons. The van der Waals surface area contributed by atoms with Crippen LogP contribution in [0.3, 0.4) is 0 Å². The highest BCUT2D eigenvalue weighted by Gasteiger charge is 2.00. The van der Waals surface area contributed by atoms with E-state index in [0.29, 0.717) is 0 Å². The second kappa shape index (κ2) is 10.3. The van der Waals surface area contributed by atoms with Crippen molar-refractivity contribution in [1.29, 1.82) is 0 Å². The van der Waals surface area contributed by atoms with Crippen LogP contribution in [0, 0.1) is 20.8 Å². The van der Waals surface area contributed by atoms with Crippen molar-refractivity contribution in [3.8, 4) is 0 Å². The number of rotatable bonds is 2. The van der Waals surface area contributed by atoms with Gasteiger partial charge in [-0.05, 0) is 71.3 Å². The summed E-state index contributed by atoms with van der Waals surface area (Å²) < 4.78 is 0. The summed E-state index contributed by atoms with van der Waals surface area (Å²) in [5.41, 5.74) is 10.6. The van der Waals surface area contributed by atoms with Gasteiger partial charge in [0, 0.05) is 11.4 Å². The molecule has 0 unspecified atom stereocenters. The van der Waals surface area contributed by atoms with Crippen LogP contribution < -0.4 is 11.1 Å². The third kappa shape index (κ3) is 10.0. The topological polar surface area (TPSA) is 55.1 Å². The Morgan fingerprint density at radius 3 is 1.74 bits per heavy atom. The Hall–Kier alpha value is -1.61. The predicted molar refractivity (Wildman–Crippen MR) is 85.6 cm³/mol. The van der Waals surface area contributed by atoms with E-state index in [9.17, 15) is 4.79 Å². The van der Waals surface area contributed by atoms with Crippen LogP contribution in [-0.4, -0.2) is 12.8 Å². The lowest BCUT2D eigenvalue weighted by Crippen LogP contribution is -1.97. The normalized spacial score (nSPS) is 8.42. The van der Waals surface area contributed by atoms with Crippen molar-refractivity contribution < 1.29 is 4.79 Å². The number of carbonyl (C=O) groups is 1. The van der Waals surface area contributed by atoms with E-state index >= 15 is 0 Å². The van der Waals surface area contributed by atoms with Gasteiger partial charge < -0.3 is 15.8 Å². The van der Waals surface area contributed by atoms with Crippen LogP contribution in [0.5, 0.6) is 0 Å². The Morgan fingerprint density at radius 2 is 1.37 bits per heavy atom. The number of hydrogen-bond donors (Lipinski definition) is 2. The summed E-state index contributed by atoms with van der Waals surface area (Å²) in [5, 5.41) is 3.25. The third-order valence-electron chi connectivity index (χ3n) is 2.19. The molecule has 0 atom stereocenters. The van der Waals surface area contributed by atoms with E-state index in [2.05, 4.69) is 50.5 Å². The maximum atomic E-state index is 9.44. The van der Waals surface area contributed by atoms with E-state index in [1.54, 1.807) is 0 Å². The Kier molecular flexibility index (Phi) is 10.7. The van der Waals surface area contributed by atoms with Gasteiger partial charge in [0.2, 0.25) is 0 Å². The zero-order chi connectivity index (χ0) is 15.6. The zero-order valence-corrected chi connectivity index (χ0v) is 13.3. The molecule has 19 heavy (non-hydrogen) atoms. The van der Waals surface area contributed by atoms with Gasteiger partial charge in [-0.25, -0.2) is 0 Å². The molecule has 3 heteroatoms. The highest BCUT2D eigenvalue weighted by atomic mass is 16.1. The van der Waals surface area contributed by atoms with Gasteiger partial charge in [-0.2, -0.15) is 0 Å². The first-order valence-electron chi connectivity index (χ1n) is 6.29. The van der Waals surface area contributed by atoms with Crippen molar-refractivity contribution >= 4 is 11.5 Å². The Morgan fingerprint density at radius 1 is 1.00 bits per heavy atom. The molecule has 0 aromatic heterocycles. The molecule has 0 saturated heterocycles. The number of Topliss-reactive ketones (excluding diaryl/α,β-unsaturated/α-hetero) is 1. The second-order valence-electron chi connectivity index (χ2n) is 4.56. The lowest BCUT2D eigenvalue weighted by molar-refractivity contribution is -0.114. The van der Waals surface area contributed by atoms with Crippen molar-refractivity contribution in [2.75, 3.05) is 12.4 Å². The fraction of sp³-hybridized carbons (Fsp3) is 0.438. The van der Waals surface area contributed by atoms with Crippen LogP contribution in [0.25, 0.3) is 0 Å². The molecule has 0 spiro atoms. The Labute approximate surface area is 117 Å². The number of allylic oxidation sites excluding steroid dienone is 1. The number of anilines is 1. The molecule has 0 aliphatic heterocycles. The molecule has 0 fully saturated rings. The van der Waals surface area contributed by atoms with E-state index < -0.39 is 0 Å². The molecule has 3 nitrogen and oxygen atoms in total. The zero-order valence-electron chi connectivity index (χ0n) is 13.3. The van der Waals surface area contributed by atoms with Gasteiger partial charge in [-0.15, -0.1) is 0 Å². The van der Waals surface area contributed by atoms with Crippen LogP contribution in [0.15, 0.2) is 24.4 Å². The van der Waals surface area contributed by atoms with Crippen molar-refractivity contribution in [2.45, 2.75) is 41.5 Å². The predicted octanol–water partition coefficient (Wildman–Crippen LogP) is 3.73. The van der Waals surface area contributed by atoms with Crippen molar-refractivity contribution in [3.05, 3.63) is 41.1 Å². The fourth-order valence-electron chi connectivity index (χ4n) is 1.33. The van der Waals surface area contributed by atoms with Crippen LogP contribution >= 0.6 is 0 Å². The quantitative estimate of drug-likeness (QED) is 0.855. The minimum atomic E-state index is 0.167. The first kappa shape index (κ1) is 19.7. The van der Waals surface area contributed by atoms with Gasteiger partial charge in [0.15, 0.2) is 0 Å². The number of carbonyl (C=O) groups excluding carboxylic acids is 1. The van der Waals surface area contributed by atoms with Crippen LogP contribution in [-0.2, 0) is 4.79 Å². The number of aryl methyl sites for hydroxylation is 3. The molecule has 0 amide bonds. The Balaban J connectivity index is 0. The molecule has 0 radical (unpaired) electrons. The Bertz CT molecular complexity index is 419. The van der Waals surface area contributed by atoms with Crippen molar-refractivity contribution in [2.24, 2.45) is 5.73 Å². The molecule has 0 heterocycles. The van der Waals surface area contributed by atoms with Gasteiger partial charge >= 0.3 is 0 Å². The van der Waals surface area contributed by atoms with Crippen molar-refractivity contribution in [1.82, 2.24) is 0 Å². The first-order chi connectivity index (χ1) is 8.73. The lowest BCUT2D eigenvalue weighted by atomic mass is 10.0. The van der Waals surface area contributed by atoms with Crippen LogP contribution in [0.4, 0.5) is 5.69 Å². The lowest BCUT2D eigenvalue weighted by Gasteiger charge is -2.11. The average Bonchev–Trinajstić information content (AvgIpc) is 2.27. The number of nitrogens with two attached hydrogens (primary N) is 1. The molecule has 3 N–H and O–H groups in total. The summed E-state index contributed by atoms with van der Waals surface area (Å²) in [6.45, 7) is 15.2. The van der Waals surface area contributed by atoms with Gasteiger partial charge in [-0.3, -0.25) is 0 Å². The molecule has 0 saturated carbocycles.